The Morgan fingerprint density at radius 1 is 1.00 bits per heavy atom. The molecule has 0 fully saturated rings. The van der Waals surface area contributed by atoms with E-state index in [1.54, 1.807) is 0 Å². The van der Waals surface area contributed by atoms with Crippen molar-refractivity contribution in [1.82, 2.24) is 0 Å². The van der Waals surface area contributed by atoms with Crippen LogP contribution in [0.25, 0.3) is 0 Å². The van der Waals surface area contributed by atoms with E-state index in [0.717, 1.165) is 0 Å². The molecule has 4 heteroatoms. The first kappa shape index (κ1) is 10.8. The molecular weight excluding hydrogens is 193 g/mol. The molecular formula is C10H9F3O. The lowest BCUT2D eigenvalue weighted by atomic mass is 10.00. The van der Waals surface area contributed by atoms with Crippen LogP contribution in [0.5, 0.6) is 0 Å². The zero-order valence-electron chi connectivity index (χ0n) is 7.40. The Morgan fingerprint density at radius 3 is 1.79 bits per heavy atom. The largest absolute Gasteiger partial charge is 0.298 e. The van der Waals surface area contributed by atoms with Gasteiger partial charge in [-0.25, -0.2) is 13.2 Å². The van der Waals surface area contributed by atoms with Crippen molar-refractivity contribution in [3.05, 3.63) is 34.4 Å². The lowest BCUT2D eigenvalue weighted by molar-refractivity contribution is 0.112. The van der Waals surface area contributed by atoms with E-state index in [0.29, 0.717) is 6.29 Å². The summed E-state index contributed by atoms with van der Waals surface area (Å²) in [6, 6.07) is 2.48. The van der Waals surface area contributed by atoms with E-state index in [2.05, 4.69) is 0 Å². The van der Waals surface area contributed by atoms with Gasteiger partial charge in [-0.1, -0.05) is 0 Å². The summed E-state index contributed by atoms with van der Waals surface area (Å²) in [7, 11) is 0. The first-order valence-corrected chi connectivity index (χ1v) is 4.04. The number of hydrogen-bond acceptors (Lipinski definition) is 1. The summed E-state index contributed by atoms with van der Waals surface area (Å²) in [5.41, 5.74) is 0.272. The van der Waals surface area contributed by atoms with Crippen LogP contribution in [0.4, 0.5) is 13.2 Å². The summed E-state index contributed by atoms with van der Waals surface area (Å²) in [4.78, 5) is 10.5. The van der Waals surface area contributed by atoms with Crippen LogP contribution in [-0.2, 0) is 20.0 Å². The minimum absolute atomic E-state index is 0.00722. The Labute approximate surface area is 79.5 Å². The van der Waals surface area contributed by atoms with E-state index in [9.17, 15) is 18.0 Å². The minimum atomic E-state index is -0.894. The second-order valence-electron chi connectivity index (χ2n) is 2.85. The average molecular weight is 202 g/mol. The maximum Gasteiger partial charge on any atom is 0.150 e. The van der Waals surface area contributed by atoms with Gasteiger partial charge in [0.1, 0.15) is 20.0 Å². The fourth-order valence-electron chi connectivity index (χ4n) is 1.30. The molecule has 0 aliphatic carbocycles. The monoisotopic (exact) mass is 202 g/mol. The van der Waals surface area contributed by atoms with E-state index < -0.39 is 20.0 Å². The third-order valence-electron chi connectivity index (χ3n) is 1.97. The van der Waals surface area contributed by atoms with Crippen LogP contribution in [-0.4, -0.2) is 6.29 Å². The van der Waals surface area contributed by atoms with Crippen molar-refractivity contribution in [1.29, 1.82) is 0 Å². The summed E-state index contributed by atoms with van der Waals surface area (Å²) in [6.07, 6.45) is 0.395. The number of benzene rings is 1. The van der Waals surface area contributed by atoms with Crippen molar-refractivity contribution < 1.29 is 18.0 Å². The highest BCUT2D eigenvalue weighted by molar-refractivity contribution is 5.80. The van der Waals surface area contributed by atoms with Gasteiger partial charge in [-0.05, 0) is 28.8 Å². The Kier molecular flexibility index (Phi) is 3.68. The van der Waals surface area contributed by atoms with Crippen molar-refractivity contribution in [2.24, 2.45) is 0 Å². The first-order chi connectivity index (χ1) is 6.76. The lowest BCUT2D eigenvalue weighted by Crippen LogP contribution is -1.99. The molecule has 1 rings (SSSR count). The molecule has 0 radical (unpaired) electrons. The summed E-state index contributed by atoms with van der Waals surface area (Å²) in [6.45, 7) is -2.58. The smallest absolute Gasteiger partial charge is 0.150 e. The Hall–Kier alpha value is -1.32. The second-order valence-corrected chi connectivity index (χ2v) is 2.85. The van der Waals surface area contributed by atoms with E-state index in [1.165, 1.54) is 12.1 Å². The third kappa shape index (κ3) is 1.95. The summed E-state index contributed by atoms with van der Waals surface area (Å²) < 4.78 is 37.1. The normalized spacial score (nSPS) is 10.2. The molecule has 0 atom stereocenters. The fraction of sp³-hybridized carbons (Fsp3) is 0.300. The van der Waals surface area contributed by atoms with Crippen molar-refractivity contribution in [3.8, 4) is 0 Å². The summed E-state index contributed by atoms with van der Waals surface area (Å²) >= 11 is 0. The number of carbonyl (C=O) groups excluding carboxylic acids is 1. The van der Waals surface area contributed by atoms with Gasteiger partial charge in [0.25, 0.3) is 0 Å². The van der Waals surface area contributed by atoms with Gasteiger partial charge in [0.2, 0.25) is 0 Å². The maximum absolute atomic E-state index is 12.4. The van der Waals surface area contributed by atoms with E-state index in [1.807, 2.05) is 0 Å². The highest BCUT2D eigenvalue weighted by Gasteiger charge is 2.10. The fourth-order valence-corrected chi connectivity index (χ4v) is 1.30. The van der Waals surface area contributed by atoms with Crippen LogP contribution >= 0.6 is 0 Å². The summed E-state index contributed by atoms with van der Waals surface area (Å²) in [5.74, 6) is 0. The molecule has 1 aromatic rings. The van der Waals surface area contributed by atoms with Crippen molar-refractivity contribution in [3.63, 3.8) is 0 Å². The predicted octanol–water partition coefficient (Wildman–Crippen LogP) is 2.91. The average Bonchev–Trinajstić information content (AvgIpc) is 2.26. The van der Waals surface area contributed by atoms with Gasteiger partial charge in [-0.2, -0.15) is 0 Å². The number of alkyl halides is 3. The molecule has 0 saturated heterocycles. The van der Waals surface area contributed by atoms with Gasteiger partial charge in [0.05, 0.1) is 0 Å². The van der Waals surface area contributed by atoms with Crippen LogP contribution in [0.1, 0.15) is 27.0 Å². The van der Waals surface area contributed by atoms with Crippen LogP contribution in [0.2, 0.25) is 0 Å². The van der Waals surface area contributed by atoms with E-state index in [4.69, 9.17) is 0 Å². The molecule has 0 spiro atoms. The van der Waals surface area contributed by atoms with Crippen LogP contribution < -0.4 is 0 Å². The topological polar surface area (TPSA) is 17.1 Å². The zero-order chi connectivity index (χ0) is 10.6. The van der Waals surface area contributed by atoms with Gasteiger partial charge in [0, 0.05) is 5.56 Å². The SMILES string of the molecule is O=Cc1c(CF)cc(CF)cc1CF. The molecule has 0 aliphatic rings. The van der Waals surface area contributed by atoms with Crippen molar-refractivity contribution in [2.45, 2.75) is 20.0 Å². The van der Waals surface area contributed by atoms with Gasteiger partial charge >= 0.3 is 0 Å². The Balaban J connectivity index is 3.31. The van der Waals surface area contributed by atoms with Gasteiger partial charge in [-0.15, -0.1) is 0 Å². The highest BCUT2D eigenvalue weighted by atomic mass is 19.1. The molecule has 0 N–H and O–H groups in total. The molecule has 0 amide bonds. The number of hydrogen-bond donors (Lipinski definition) is 0. The first-order valence-electron chi connectivity index (χ1n) is 4.04. The molecule has 0 unspecified atom stereocenters. The molecule has 0 saturated carbocycles. The predicted molar refractivity (Wildman–Crippen MR) is 46.3 cm³/mol. The molecule has 1 aromatic carbocycles. The quantitative estimate of drug-likeness (QED) is 0.686. The van der Waals surface area contributed by atoms with Gasteiger partial charge in [0.15, 0.2) is 6.29 Å². The van der Waals surface area contributed by atoms with Crippen LogP contribution in [0.15, 0.2) is 12.1 Å². The number of aldehydes is 1. The third-order valence-corrected chi connectivity index (χ3v) is 1.97. The number of halogens is 3. The van der Waals surface area contributed by atoms with Crippen LogP contribution in [0, 0.1) is 0 Å². The molecule has 0 bridgehead atoms. The Morgan fingerprint density at radius 2 is 1.50 bits per heavy atom. The molecule has 0 aliphatic heterocycles. The van der Waals surface area contributed by atoms with E-state index >= 15 is 0 Å². The van der Waals surface area contributed by atoms with Gasteiger partial charge in [-0.3, -0.25) is 4.79 Å². The molecule has 1 nitrogen and oxygen atoms in total. The number of rotatable bonds is 4. The molecule has 14 heavy (non-hydrogen) atoms. The van der Waals surface area contributed by atoms with E-state index in [-0.39, 0.29) is 22.3 Å². The lowest BCUT2D eigenvalue weighted by Gasteiger charge is -2.07. The van der Waals surface area contributed by atoms with Crippen molar-refractivity contribution >= 4 is 6.29 Å². The highest BCUT2D eigenvalue weighted by Crippen LogP contribution is 2.19. The Bertz CT molecular complexity index is 311. The van der Waals surface area contributed by atoms with Gasteiger partial charge < -0.3 is 0 Å². The standard InChI is InChI=1S/C10H9F3O/c11-3-7-1-8(4-12)10(6-14)9(2-7)5-13/h1-2,6H,3-5H2. The van der Waals surface area contributed by atoms with Crippen LogP contribution in [0.3, 0.4) is 0 Å². The molecule has 0 heterocycles. The molecule has 76 valence electrons. The zero-order valence-corrected chi connectivity index (χ0v) is 7.40. The maximum atomic E-state index is 12.4. The molecule has 0 aromatic heterocycles. The van der Waals surface area contributed by atoms with Crippen molar-refractivity contribution in [2.75, 3.05) is 0 Å². The summed E-state index contributed by atoms with van der Waals surface area (Å²) in [5, 5.41) is 0. The second kappa shape index (κ2) is 4.79. The number of carbonyl (C=O) groups is 1. The minimum Gasteiger partial charge on any atom is -0.298 e.